The Bertz CT molecular complexity index is 508. The van der Waals surface area contributed by atoms with Gasteiger partial charge in [0.15, 0.2) is 0 Å². The Balaban J connectivity index is 2.85. The van der Waals surface area contributed by atoms with Gasteiger partial charge in [-0.3, -0.25) is 4.79 Å². The lowest BCUT2D eigenvalue weighted by atomic mass is 10.2. The highest BCUT2D eigenvalue weighted by molar-refractivity contribution is 7.91. The number of carbonyl (C=O) groups is 1. The van der Waals surface area contributed by atoms with Crippen LogP contribution in [0.3, 0.4) is 0 Å². The molecule has 7 nitrogen and oxygen atoms in total. The molecule has 0 aliphatic carbocycles. The molecule has 9 heteroatoms. The summed E-state index contributed by atoms with van der Waals surface area (Å²) in [6, 6.07) is -0.122. The Morgan fingerprint density at radius 1 is 1.33 bits per heavy atom. The van der Waals surface area contributed by atoms with E-state index in [1.807, 2.05) is 13.8 Å². The molecule has 1 heterocycles. The van der Waals surface area contributed by atoms with Gasteiger partial charge < -0.3 is 5.32 Å². The van der Waals surface area contributed by atoms with Crippen LogP contribution < -0.4 is 10.0 Å². The highest BCUT2D eigenvalue weighted by Crippen LogP contribution is 2.20. The molecule has 1 aromatic rings. The lowest BCUT2D eigenvalue weighted by Gasteiger charge is -2.12. The normalized spacial score (nSPS) is 11.8. The van der Waals surface area contributed by atoms with Crippen molar-refractivity contribution >= 4 is 32.4 Å². The summed E-state index contributed by atoms with van der Waals surface area (Å²) in [6.45, 7) is 5.12. The lowest BCUT2D eigenvalue weighted by molar-refractivity contribution is -0.114. The van der Waals surface area contributed by atoms with Crippen molar-refractivity contribution in [2.75, 3.05) is 5.32 Å². The fourth-order valence-electron chi connectivity index (χ4n) is 1.24. The number of sulfonamides is 1. The van der Waals surface area contributed by atoms with Gasteiger partial charge in [0, 0.05) is 13.0 Å². The summed E-state index contributed by atoms with van der Waals surface area (Å²) in [5.74, 6) is -0.317. The molecule has 0 saturated heterocycles. The van der Waals surface area contributed by atoms with Crippen molar-refractivity contribution in [1.82, 2.24) is 14.9 Å². The first-order valence-electron chi connectivity index (χ1n) is 5.52. The first kappa shape index (κ1) is 15.0. The molecule has 0 bridgehead atoms. The predicted octanol–water partition coefficient (Wildman–Crippen LogP) is 0.963. The van der Waals surface area contributed by atoms with Gasteiger partial charge >= 0.3 is 0 Å². The van der Waals surface area contributed by atoms with Crippen molar-refractivity contribution in [2.24, 2.45) is 0 Å². The molecule has 1 rings (SSSR count). The third-order valence-electron chi connectivity index (χ3n) is 2.23. The fourth-order valence-corrected chi connectivity index (χ4v) is 3.61. The molecular formula is C9H16N4O3S2. The number of nitrogens with one attached hydrogen (secondary N) is 2. The van der Waals surface area contributed by atoms with Gasteiger partial charge in [-0.15, -0.1) is 10.2 Å². The first-order valence-corrected chi connectivity index (χ1v) is 7.82. The zero-order valence-corrected chi connectivity index (χ0v) is 12.1. The molecule has 0 aliphatic rings. The minimum absolute atomic E-state index is 0.122. The second-order valence-corrected chi connectivity index (χ2v) is 6.55. The molecule has 1 amide bonds. The Hall–Kier alpha value is -1.06. The number of rotatable bonds is 6. The van der Waals surface area contributed by atoms with E-state index in [0.717, 1.165) is 11.3 Å². The zero-order chi connectivity index (χ0) is 13.8. The van der Waals surface area contributed by atoms with E-state index < -0.39 is 10.0 Å². The smallest absolute Gasteiger partial charge is 0.270 e. The molecule has 0 fully saturated rings. The number of hydrogen-bond donors (Lipinski definition) is 2. The summed E-state index contributed by atoms with van der Waals surface area (Å²) in [6.07, 6.45) is 1.40. The summed E-state index contributed by atoms with van der Waals surface area (Å²) in [5, 5.41) is 9.73. The fraction of sp³-hybridized carbons (Fsp3) is 0.667. The van der Waals surface area contributed by atoms with Gasteiger partial charge in [0.25, 0.3) is 10.0 Å². The van der Waals surface area contributed by atoms with Crippen molar-refractivity contribution in [3.8, 4) is 0 Å². The monoisotopic (exact) mass is 292 g/mol. The van der Waals surface area contributed by atoms with Gasteiger partial charge in [-0.1, -0.05) is 25.2 Å². The summed E-state index contributed by atoms with van der Waals surface area (Å²) < 4.78 is 26.3. The van der Waals surface area contributed by atoms with Crippen LogP contribution in [-0.4, -0.2) is 30.6 Å². The maximum absolute atomic E-state index is 11.9. The molecular weight excluding hydrogens is 276 g/mol. The summed E-state index contributed by atoms with van der Waals surface area (Å²) >= 11 is 0.826. The molecule has 0 aliphatic heterocycles. The summed E-state index contributed by atoms with van der Waals surface area (Å²) in [5.41, 5.74) is 0. The first-order chi connectivity index (χ1) is 8.39. The number of amides is 1. The maximum Gasteiger partial charge on any atom is 0.270 e. The van der Waals surface area contributed by atoms with E-state index in [2.05, 4.69) is 20.2 Å². The zero-order valence-electron chi connectivity index (χ0n) is 10.4. The standard InChI is InChI=1S/C9H16N4O3S2/c1-4-7(5-2)13-18(15,16)9-12-11-8(17-9)10-6(3)14/h7,13H,4-5H2,1-3H3,(H,10,11,14). The van der Waals surface area contributed by atoms with E-state index in [1.165, 1.54) is 6.92 Å². The van der Waals surface area contributed by atoms with E-state index in [-0.39, 0.29) is 21.4 Å². The second kappa shape index (κ2) is 6.21. The van der Waals surface area contributed by atoms with Gasteiger partial charge in [-0.25, -0.2) is 13.1 Å². The number of carbonyl (C=O) groups excluding carboxylic acids is 1. The molecule has 0 atom stereocenters. The molecule has 18 heavy (non-hydrogen) atoms. The largest absolute Gasteiger partial charge is 0.301 e. The van der Waals surface area contributed by atoms with Crippen LogP contribution in [-0.2, 0) is 14.8 Å². The molecule has 0 saturated carbocycles. The van der Waals surface area contributed by atoms with Crippen molar-refractivity contribution < 1.29 is 13.2 Å². The maximum atomic E-state index is 11.9. The van der Waals surface area contributed by atoms with Crippen LogP contribution in [0.4, 0.5) is 5.13 Å². The van der Waals surface area contributed by atoms with E-state index >= 15 is 0 Å². The Morgan fingerprint density at radius 2 is 1.94 bits per heavy atom. The Labute approximate surface area is 110 Å². The molecule has 0 radical (unpaired) electrons. The van der Waals surface area contributed by atoms with Crippen LogP contribution in [0, 0.1) is 0 Å². The van der Waals surface area contributed by atoms with Crippen molar-refractivity contribution in [3.63, 3.8) is 0 Å². The minimum atomic E-state index is -3.66. The van der Waals surface area contributed by atoms with Gasteiger partial charge in [-0.2, -0.15) is 0 Å². The average molecular weight is 292 g/mol. The highest BCUT2D eigenvalue weighted by Gasteiger charge is 2.23. The average Bonchev–Trinajstić information content (AvgIpc) is 2.74. The number of anilines is 1. The molecule has 0 unspecified atom stereocenters. The Morgan fingerprint density at radius 3 is 2.44 bits per heavy atom. The van der Waals surface area contributed by atoms with Crippen LogP contribution in [0.15, 0.2) is 4.34 Å². The minimum Gasteiger partial charge on any atom is -0.301 e. The van der Waals surface area contributed by atoms with Gasteiger partial charge in [0.1, 0.15) is 0 Å². The molecule has 1 aromatic heterocycles. The van der Waals surface area contributed by atoms with Crippen LogP contribution in [0.25, 0.3) is 0 Å². The molecule has 2 N–H and O–H groups in total. The third kappa shape index (κ3) is 4.00. The third-order valence-corrected chi connectivity index (χ3v) is 4.95. The summed E-state index contributed by atoms with van der Waals surface area (Å²) in [7, 11) is -3.66. The molecule has 102 valence electrons. The van der Waals surface area contributed by atoms with E-state index in [9.17, 15) is 13.2 Å². The second-order valence-electron chi connectivity index (χ2n) is 3.69. The topological polar surface area (TPSA) is 101 Å². The van der Waals surface area contributed by atoms with Gasteiger partial charge in [0.2, 0.25) is 15.4 Å². The number of nitrogens with zero attached hydrogens (tertiary/aromatic N) is 2. The molecule has 0 spiro atoms. The van der Waals surface area contributed by atoms with E-state index in [4.69, 9.17) is 0 Å². The van der Waals surface area contributed by atoms with Crippen LogP contribution >= 0.6 is 11.3 Å². The lowest BCUT2D eigenvalue weighted by Crippen LogP contribution is -2.33. The predicted molar refractivity (Wildman–Crippen MR) is 68.9 cm³/mol. The van der Waals surface area contributed by atoms with Gasteiger partial charge in [-0.05, 0) is 12.8 Å². The van der Waals surface area contributed by atoms with Crippen molar-refractivity contribution in [3.05, 3.63) is 0 Å². The molecule has 0 aromatic carbocycles. The highest BCUT2D eigenvalue weighted by atomic mass is 32.2. The summed E-state index contributed by atoms with van der Waals surface area (Å²) in [4.78, 5) is 10.8. The van der Waals surface area contributed by atoms with Crippen LogP contribution in [0.5, 0.6) is 0 Å². The number of hydrogen-bond acceptors (Lipinski definition) is 6. The van der Waals surface area contributed by atoms with E-state index in [0.29, 0.717) is 12.8 Å². The number of aromatic nitrogens is 2. The van der Waals surface area contributed by atoms with Crippen LogP contribution in [0.1, 0.15) is 33.6 Å². The van der Waals surface area contributed by atoms with Crippen LogP contribution in [0.2, 0.25) is 0 Å². The van der Waals surface area contributed by atoms with Crippen molar-refractivity contribution in [1.29, 1.82) is 0 Å². The van der Waals surface area contributed by atoms with Gasteiger partial charge in [0.05, 0.1) is 0 Å². The van der Waals surface area contributed by atoms with Crippen molar-refractivity contribution in [2.45, 2.75) is 44.0 Å². The quantitative estimate of drug-likeness (QED) is 0.761. The Kier molecular flexibility index (Phi) is 5.17. The SMILES string of the molecule is CCC(CC)NS(=O)(=O)c1nnc(NC(C)=O)s1. The van der Waals surface area contributed by atoms with E-state index in [1.54, 1.807) is 0 Å².